The minimum Gasteiger partial charge on any atom is -0.357 e. The second-order valence-electron chi connectivity index (χ2n) is 6.75. The van der Waals surface area contributed by atoms with Crippen molar-refractivity contribution in [2.45, 2.75) is 38.4 Å². The summed E-state index contributed by atoms with van der Waals surface area (Å²) in [6.07, 6.45) is 2.49. The fraction of sp³-hybridized carbons (Fsp3) is 0.933. The summed E-state index contributed by atoms with van der Waals surface area (Å²) in [7, 11) is -3.00. The van der Waals surface area contributed by atoms with Crippen LogP contribution in [0.4, 0.5) is 0 Å². The second-order valence-corrected chi connectivity index (χ2v) is 10.7. The molecule has 0 radical (unpaired) electrons. The molecule has 1 N–H and O–H groups in total. The summed E-state index contributed by atoms with van der Waals surface area (Å²) < 4.78 is 23.6. The number of guanidine groups is 1. The Kier molecular flexibility index (Phi) is 6.05. The highest BCUT2D eigenvalue weighted by Crippen LogP contribution is 2.25. The van der Waals surface area contributed by atoms with Crippen LogP contribution in [-0.2, 0) is 9.84 Å². The molecule has 0 atom stereocenters. The smallest absolute Gasteiger partial charge is 0.194 e. The van der Waals surface area contributed by atoms with Crippen molar-refractivity contribution in [2.24, 2.45) is 10.9 Å². The van der Waals surface area contributed by atoms with Gasteiger partial charge >= 0.3 is 0 Å². The summed E-state index contributed by atoms with van der Waals surface area (Å²) in [4.78, 5) is 6.91. The molecular weight excluding hydrogens is 318 g/mol. The van der Waals surface area contributed by atoms with Gasteiger partial charge in [0.2, 0.25) is 0 Å². The molecule has 0 saturated carbocycles. The van der Waals surface area contributed by atoms with Crippen molar-refractivity contribution in [1.29, 1.82) is 0 Å². The van der Waals surface area contributed by atoms with E-state index in [0.29, 0.717) is 19.0 Å². The van der Waals surface area contributed by atoms with Crippen LogP contribution in [0.3, 0.4) is 0 Å². The largest absolute Gasteiger partial charge is 0.357 e. The number of nitrogens with zero attached hydrogens (tertiary/aromatic N) is 2. The number of thioether (sulfide) groups is 1. The lowest BCUT2D eigenvalue weighted by Gasteiger charge is -2.39. The zero-order chi connectivity index (χ0) is 16.2. The zero-order valence-corrected chi connectivity index (χ0v) is 15.6. The van der Waals surface area contributed by atoms with Gasteiger partial charge < -0.3 is 10.2 Å². The Balaban J connectivity index is 2.04. The third kappa shape index (κ3) is 4.31. The van der Waals surface area contributed by atoms with Crippen LogP contribution in [0.5, 0.6) is 0 Å². The quantitative estimate of drug-likeness (QED) is 0.621. The zero-order valence-electron chi connectivity index (χ0n) is 14.0. The maximum atomic E-state index is 12.1. The first-order chi connectivity index (χ1) is 10.4. The van der Waals surface area contributed by atoms with Crippen molar-refractivity contribution in [2.75, 3.05) is 43.4 Å². The van der Waals surface area contributed by atoms with Crippen LogP contribution < -0.4 is 5.32 Å². The number of aliphatic imine (C=N–C) groups is 1. The van der Waals surface area contributed by atoms with E-state index < -0.39 is 14.6 Å². The summed E-state index contributed by atoms with van der Waals surface area (Å²) in [5.74, 6) is 4.25. The van der Waals surface area contributed by atoms with Crippen molar-refractivity contribution < 1.29 is 8.42 Å². The number of rotatable bonds is 3. The van der Waals surface area contributed by atoms with E-state index in [4.69, 9.17) is 4.99 Å². The highest BCUT2D eigenvalue weighted by Gasteiger charge is 2.40. The highest BCUT2D eigenvalue weighted by molar-refractivity contribution is 7.99. The van der Waals surface area contributed by atoms with Gasteiger partial charge in [-0.2, -0.15) is 11.8 Å². The van der Waals surface area contributed by atoms with Gasteiger partial charge in [0.1, 0.15) is 0 Å². The third-order valence-corrected chi connectivity index (χ3v) is 8.10. The van der Waals surface area contributed by atoms with Crippen LogP contribution in [0, 0.1) is 5.92 Å². The van der Waals surface area contributed by atoms with Gasteiger partial charge in [0.15, 0.2) is 15.8 Å². The molecule has 2 rings (SSSR count). The van der Waals surface area contributed by atoms with Crippen molar-refractivity contribution in [1.82, 2.24) is 10.2 Å². The fourth-order valence-electron chi connectivity index (χ4n) is 2.89. The SMILES string of the molecule is CCNC(=NCC1CCSCC1)N1CCS(=O)(=O)C(C)(C)C1. The first-order valence-electron chi connectivity index (χ1n) is 8.19. The monoisotopic (exact) mass is 347 g/mol. The van der Waals surface area contributed by atoms with Crippen LogP contribution >= 0.6 is 11.8 Å². The molecule has 2 aliphatic heterocycles. The molecule has 2 aliphatic rings. The Morgan fingerprint density at radius 2 is 2.05 bits per heavy atom. The van der Waals surface area contributed by atoms with E-state index in [1.165, 1.54) is 24.3 Å². The lowest BCUT2D eigenvalue weighted by molar-refractivity contribution is 0.351. The molecule has 2 saturated heterocycles. The molecule has 5 nitrogen and oxygen atoms in total. The summed E-state index contributed by atoms with van der Waals surface area (Å²) in [6.45, 7) is 8.40. The van der Waals surface area contributed by atoms with Crippen LogP contribution in [0.25, 0.3) is 0 Å². The van der Waals surface area contributed by atoms with Gasteiger partial charge in [-0.1, -0.05) is 0 Å². The number of sulfone groups is 1. The summed E-state index contributed by atoms with van der Waals surface area (Å²) in [6, 6.07) is 0. The molecule has 22 heavy (non-hydrogen) atoms. The lowest BCUT2D eigenvalue weighted by atomic mass is 10.0. The standard InChI is InChI=1S/C15H29N3O2S2/c1-4-16-14(17-11-13-5-8-21-9-6-13)18-7-10-22(19,20)15(2,3)12-18/h13H,4-12H2,1-3H3,(H,16,17). The maximum Gasteiger partial charge on any atom is 0.194 e. The molecule has 128 valence electrons. The number of hydrogen-bond acceptors (Lipinski definition) is 4. The average Bonchev–Trinajstić information content (AvgIpc) is 2.47. The Bertz CT molecular complexity index is 497. The molecular formula is C15H29N3O2S2. The normalized spacial score (nSPS) is 26.0. The molecule has 0 amide bonds. The summed E-state index contributed by atoms with van der Waals surface area (Å²) in [5.41, 5.74) is 0. The molecule has 7 heteroatoms. The number of hydrogen-bond donors (Lipinski definition) is 1. The van der Waals surface area contributed by atoms with Crippen LogP contribution in [-0.4, -0.2) is 67.5 Å². The Hall–Kier alpha value is -0.430. The molecule has 0 aromatic heterocycles. The fourth-order valence-corrected chi connectivity index (χ4v) is 5.46. The van der Waals surface area contributed by atoms with E-state index >= 15 is 0 Å². The van der Waals surface area contributed by atoms with E-state index in [1.807, 2.05) is 25.6 Å². The predicted octanol–water partition coefficient (Wildman–Crippen LogP) is 1.60. The summed E-state index contributed by atoms with van der Waals surface area (Å²) >= 11 is 2.03. The number of nitrogens with one attached hydrogen (secondary N) is 1. The molecule has 0 unspecified atom stereocenters. The van der Waals surface area contributed by atoms with Gasteiger partial charge in [-0.25, -0.2) is 8.42 Å². The highest BCUT2D eigenvalue weighted by atomic mass is 32.2. The lowest BCUT2D eigenvalue weighted by Crippen LogP contribution is -2.57. The Morgan fingerprint density at radius 1 is 1.36 bits per heavy atom. The second kappa shape index (κ2) is 7.43. The minimum absolute atomic E-state index is 0.213. The third-order valence-electron chi connectivity index (χ3n) is 4.52. The van der Waals surface area contributed by atoms with Crippen molar-refractivity contribution in [3.05, 3.63) is 0 Å². The van der Waals surface area contributed by atoms with Gasteiger partial charge in [-0.15, -0.1) is 0 Å². The molecule has 0 aromatic rings. The first-order valence-corrected chi connectivity index (χ1v) is 11.0. The van der Waals surface area contributed by atoms with Crippen molar-refractivity contribution in [3.8, 4) is 0 Å². The van der Waals surface area contributed by atoms with E-state index in [1.54, 1.807) is 0 Å². The molecule has 0 spiro atoms. The molecule has 2 fully saturated rings. The van der Waals surface area contributed by atoms with Gasteiger partial charge in [0.25, 0.3) is 0 Å². The molecule has 0 bridgehead atoms. The van der Waals surface area contributed by atoms with Crippen LogP contribution in [0.15, 0.2) is 4.99 Å². The Morgan fingerprint density at radius 3 is 2.64 bits per heavy atom. The maximum absolute atomic E-state index is 12.1. The van der Waals surface area contributed by atoms with Crippen LogP contribution in [0.1, 0.15) is 33.6 Å². The van der Waals surface area contributed by atoms with Gasteiger partial charge in [0.05, 0.1) is 10.5 Å². The van der Waals surface area contributed by atoms with Crippen LogP contribution in [0.2, 0.25) is 0 Å². The van der Waals surface area contributed by atoms with E-state index in [9.17, 15) is 8.42 Å². The van der Waals surface area contributed by atoms with Gasteiger partial charge in [-0.05, 0) is 51.0 Å². The van der Waals surface area contributed by atoms with E-state index in [0.717, 1.165) is 19.0 Å². The predicted molar refractivity (Wildman–Crippen MR) is 95.5 cm³/mol. The van der Waals surface area contributed by atoms with Crippen molar-refractivity contribution in [3.63, 3.8) is 0 Å². The van der Waals surface area contributed by atoms with E-state index in [2.05, 4.69) is 17.1 Å². The van der Waals surface area contributed by atoms with Gasteiger partial charge in [-0.3, -0.25) is 4.99 Å². The van der Waals surface area contributed by atoms with Crippen molar-refractivity contribution >= 4 is 27.6 Å². The molecule has 2 heterocycles. The first kappa shape index (κ1) is 17.9. The molecule has 0 aliphatic carbocycles. The van der Waals surface area contributed by atoms with E-state index in [-0.39, 0.29) is 5.75 Å². The summed E-state index contributed by atoms with van der Waals surface area (Å²) in [5, 5.41) is 3.33. The topological polar surface area (TPSA) is 61.8 Å². The average molecular weight is 348 g/mol. The van der Waals surface area contributed by atoms with Gasteiger partial charge in [0, 0.05) is 26.2 Å². The minimum atomic E-state index is -3.00. The molecule has 0 aromatic carbocycles. The Labute approximate surface area is 139 Å².